The molecule has 0 aliphatic carbocycles. The lowest BCUT2D eigenvalue weighted by Gasteiger charge is -2.26. The molecule has 5 heteroatoms. The summed E-state index contributed by atoms with van der Waals surface area (Å²) in [5.74, 6) is 1.05. The van der Waals surface area contributed by atoms with Gasteiger partial charge in [0.15, 0.2) is 0 Å². The molecule has 0 bridgehead atoms. The number of nitrogens with zero attached hydrogens (tertiary/aromatic N) is 3. The van der Waals surface area contributed by atoms with Gasteiger partial charge >= 0.3 is 0 Å². The molecule has 1 saturated heterocycles. The standard InChI is InChI=1S/C13H25N5/c1-11(9-12-5-3-4-7-15-12)14-8-6-13-17-16-10-18(13)2/h10-12,14-15H,3-9H2,1-2H3. The molecule has 18 heavy (non-hydrogen) atoms. The van der Waals surface area contributed by atoms with E-state index in [1.54, 1.807) is 6.33 Å². The van der Waals surface area contributed by atoms with Crippen molar-refractivity contribution in [3.05, 3.63) is 12.2 Å². The summed E-state index contributed by atoms with van der Waals surface area (Å²) in [6.07, 6.45) is 7.96. The second kappa shape index (κ2) is 6.85. The molecule has 2 rings (SSSR count). The predicted octanol–water partition coefficient (Wildman–Crippen LogP) is 0.868. The highest BCUT2D eigenvalue weighted by molar-refractivity contribution is 4.85. The summed E-state index contributed by atoms with van der Waals surface area (Å²) in [6, 6.07) is 1.27. The number of nitrogens with one attached hydrogen (secondary N) is 2. The van der Waals surface area contributed by atoms with Crippen molar-refractivity contribution in [1.29, 1.82) is 0 Å². The van der Waals surface area contributed by atoms with Crippen molar-refractivity contribution in [2.75, 3.05) is 13.1 Å². The van der Waals surface area contributed by atoms with Crippen molar-refractivity contribution in [3.8, 4) is 0 Å². The van der Waals surface area contributed by atoms with Gasteiger partial charge in [0.1, 0.15) is 12.2 Å². The quantitative estimate of drug-likeness (QED) is 0.787. The molecular weight excluding hydrogens is 226 g/mol. The van der Waals surface area contributed by atoms with Crippen LogP contribution in [0, 0.1) is 0 Å². The first-order valence-electron chi connectivity index (χ1n) is 7.05. The van der Waals surface area contributed by atoms with Crippen LogP contribution >= 0.6 is 0 Å². The fourth-order valence-electron chi connectivity index (χ4n) is 2.60. The van der Waals surface area contributed by atoms with E-state index in [1.165, 1.54) is 32.2 Å². The van der Waals surface area contributed by atoms with E-state index in [0.29, 0.717) is 12.1 Å². The minimum atomic E-state index is 0.564. The maximum absolute atomic E-state index is 4.09. The Morgan fingerprint density at radius 3 is 3.11 bits per heavy atom. The van der Waals surface area contributed by atoms with Crippen molar-refractivity contribution < 1.29 is 0 Å². The minimum absolute atomic E-state index is 0.564. The summed E-state index contributed by atoms with van der Waals surface area (Å²) < 4.78 is 1.98. The maximum atomic E-state index is 4.09. The zero-order valence-electron chi connectivity index (χ0n) is 11.5. The molecule has 1 fully saturated rings. The highest BCUT2D eigenvalue weighted by Gasteiger charge is 2.15. The maximum Gasteiger partial charge on any atom is 0.133 e. The third-order valence-electron chi connectivity index (χ3n) is 3.70. The smallest absolute Gasteiger partial charge is 0.133 e. The van der Waals surface area contributed by atoms with Crippen molar-refractivity contribution >= 4 is 0 Å². The summed E-state index contributed by atoms with van der Waals surface area (Å²) in [5.41, 5.74) is 0. The van der Waals surface area contributed by atoms with E-state index in [9.17, 15) is 0 Å². The van der Waals surface area contributed by atoms with Crippen molar-refractivity contribution in [2.45, 2.75) is 51.1 Å². The molecule has 0 aromatic carbocycles. The lowest BCUT2D eigenvalue weighted by molar-refractivity contribution is 0.345. The summed E-state index contributed by atoms with van der Waals surface area (Å²) in [4.78, 5) is 0. The molecule has 102 valence electrons. The van der Waals surface area contributed by atoms with E-state index < -0.39 is 0 Å². The van der Waals surface area contributed by atoms with Crippen LogP contribution in [-0.2, 0) is 13.5 Å². The Hall–Kier alpha value is -0.940. The van der Waals surface area contributed by atoms with Gasteiger partial charge in [-0.2, -0.15) is 0 Å². The van der Waals surface area contributed by atoms with Crippen LogP contribution in [0.4, 0.5) is 0 Å². The molecule has 1 aliphatic heterocycles. The zero-order valence-corrected chi connectivity index (χ0v) is 11.5. The Bertz CT molecular complexity index is 343. The van der Waals surface area contributed by atoms with E-state index in [4.69, 9.17) is 0 Å². The Labute approximate surface area is 109 Å². The summed E-state index contributed by atoms with van der Waals surface area (Å²) >= 11 is 0. The molecule has 1 aliphatic rings. The van der Waals surface area contributed by atoms with Gasteiger partial charge in [-0.3, -0.25) is 0 Å². The Morgan fingerprint density at radius 2 is 2.44 bits per heavy atom. The SMILES string of the molecule is CC(CC1CCCCN1)NCCc1nncn1C. The van der Waals surface area contributed by atoms with Gasteiger partial charge in [0.2, 0.25) is 0 Å². The van der Waals surface area contributed by atoms with E-state index >= 15 is 0 Å². The number of rotatable bonds is 6. The van der Waals surface area contributed by atoms with E-state index in [-0.39, 0.29) is 0 Å². The van der Waals surface area contributed by atoms with Gasteiger partial charge in [0.25, 0.3) is 0 Å². The molecule has 2 N–H and O–H groups in total. The fourth-order valence-corrected chi connectivity index (χ4v) is 2.60. The van der Waals surface area contributed by atoms with Gasteiger partial charge in [-0.1, -0.05) is 6.42 Å². The number of piperidine rings is 1. The van der Waals surface area contributed by atoms with Gasteiger partial charge in [-0.25, -0.2) is 0 Å². The van der Waals surface area contributed by atoms with Crippen LogP contribution in [0.5, 0.6) is 0 Å². The first-order valence-corrected chi connectivity index (χ1v) is 7.05. The van der Waals surface area contributed by atoms with Crippen LogP contribution in [0.3, 0.4) is 0 Å². The van der Waals surface area contributed by atoms with Gasteiger partial charge < -0.3 is 15.2 Å². The molecule has 0 saturated carbocycles. The summed E-state index contributed by atoms with van der Waals surface area (Å²) in [5, 5.41) is 15.1. The van der Waals surface area contributed by atoms with Crippen LogP contribution < -0.4 is 10.6 Å². The molecule has 2 heterocycles. The summed E-state index contributed by atoms with van der Waals surface area (Å²) in [7, 11) is 1.99. The second-order valence-corrected chi connectivity index (χ2v) is 5.35. The molecule has 5 nitrogen and oxygen atoms in total. The fraction of sp³-hybridized carbons (Fsp3) is 0.846. The van der Waals surface area contributed by atoms with Gasteiger partial charge in [0.05, 0.1) is 0 Å². The second-order valence-electron chi connectivity index (χ2n) is 5.35. The highest BCUT2D eigenvalue weighted by atomic mass is 15.2. The van der Waals surface area contributed by atoms with E-state index in [0.717, 1.165) is 18.8 Å². The lowest BCUT2D eigenvalue weighted by atomic mass is 9.99. The number of hydrogen-bond donors (Lipinski definition) is 2. The van der Waals surface area contributed by atoms with Crippen LogP contribution in [0.15, 0.2) is 6.33 Å². The van der Waals surface area contributed by atoms with E-state index in [2.05, 4.69) is 27.8 Å². The minimum Gasteiger partial charge on any atom is -0.321 e. The van der Waals surface area contributed by atoms with Crippen LogP contribution in [0.25, 0.3) is 0 Å². The molecule has 0 amide bonds. The van der Waals surface area contributed by atoms with Crippen molar-refractivity contribution in [1.82, 2.24) is 25.4 Å². The third-order valence-corrected chi connectivity index (χ3v) is 3.70. The van der Waals surface area contributed by atoms with Gasteiger partial charge in [-0.15, -0.1) is 10.2 Å². The van der Waals surface area contributed by atoms with Gasteiger partial charge in [0, 0.05) is 32.1 Å². The Morgan fingerprint density at radius 1 is 1.56 bits per heavy atom. The largest absolute Gasteiger partial charge is 0.321 e. The first-order chi connectivity index (χ1) is 8.75. The predicted molar refractivity (Wildman–Crippen MR) is 72.4 cm³/mol. The van der Waals surface area contributed by atoms with Crippen LogP contribution in [-0.4, -0.2) is 39.9 Å². The molecule has 0 radical (unpaired) electrons. The van der Waals surface area contributed by atoms with Crippen LogP contribution in [0.1, 0.15) is 38.4 Å². The third kappa shape index (κ3) is 4.07. The number of hydrogen-bond acceptors (Lipinski definition) is 4. The monoisotopic (exact) mass is 251 g/mol. The van der Waals surface area contributed by atoms with E-state index in [1.807, 2.05) is 11.6 Å². The molecule has 1 aromatic rings. The first kappa shape index (κ1) is 13.5. The highest BCUT2D eigenvalue weighted by Crippen LogP contribution is 2.11. The molecule has 2 unspecified atom stereocenters. The van der Waals surface area contributed by atoms with Crippen molar-refractivity contribution in [3.63, 3.8) is 0 Å². The Kier molecular flexibility index (Phi) is 5.13. The number of aromatic nitrogens is 3. The van der Waals surface area contributed by atoms with Gasteiger partial charge in [-0.05, 0) is 32.7 Å². The molecular formula is C13H25N5. The summed E-state index contributed by atoms with van der Waals surface area (Å²) in [6.45, 7) is 4.43. The molecule has 1 aromatic heterocycles. The lowest BCUT2D eigenvalue weighted by Crippen LogP contribution is -2.40. The molecule has 0 spiro atoms. The van der Waals surface area contributed by atoms with Crippen LogP contribution in [0.2, 0.25) is 0 Å². The Balaban J connectivity index is 1.62. The number of aryl methyl sites for hydroxylation is 1. The average molecular weight is 251 g/mol. The van der Waals surface area contributed by atoms with Crippen molar-refractivity contribution in [2.24, 2.45) is 7.05 Å². The topological polar surface area (TPSA) is 54.8 Å². The normalized spacial score (nSPS) is 22.0. The zero-order chi connectivity index (χ0) is 12.8. The average Bonchev–Trinajstić information content (AvgIpc) is 2.76. The molecule has 2 atom stereocenters.